The monoisotopic (exact) mass is 447 g/mol. The highest BCUT2D eigenvalue weighted by Gasteiger charge is 2.22. The SMILES string of the molecule is CCCCN(Cc1cccn1C)C(=O)CN(CCCOCC)C(=O)c1ccc(Cl)cc1. The van der Waals surface area contributed by atoms with E-state index in [1.54, 1.807) is 29.2 Å². The molecule has 6 nitrogen and oxygen atoms in total. The van der Waals surface area contributed by atoms with Crippen molar-refractivity contribution in [2.45, 2.75) is 39.7 Å². The molecule has 0 saturated carbocycles. The number of ether oxygens (including phenoxy) is 1. The molecular formula is C24H34ClN3O3. The van der Waals surface area contributed by atoms with Crippen LogP contribution in [0.15, 0.2) is 42.6 Å². The summed E-state index contributed by atoms with van der Waals surface area (Å²) in [6.07, 6.45) is 4.57. The Labute approximate surface area is 190 Å². The molecule has 1 aromatic carbocycles. The van der Waals surface area contributed by atoms with E-state index in [0.717, 1.165) is 18.5 Å². The molecule has 0 radical (unpaired) electrons. The van der Waals surface area contributed by atoms with E-state index in [0.29, 0.717) is 49.9 Å². The largest absolute Gasteiger partial charge is 0.382 e. The number of nitrogens with zero attached hydrogens (tertiary/aromatic N) is 3. The van der Waals surface area contributed by atoms with Gasteiger partial charge in [-0.25, -0.2) is 0 Å². The molecule has 31 heavy (non-hydrogen) atoms. The van der Waals surface area contributed by atoms with Gasteiger partial charge in [0.2, 0.25) is 5.91 Å². The number of benzene rings is 1. The zero-order chi connectivity index (χ0) is 22.6. The van der Waals surface area contributed by atoms with Crippen molar-refractivity contribution in [3.05, 3.63) is 58.9 Å². The summed E-state index contributed by atoms with van der Waals surface area (Å²) in [5.74, 6) is -0.218. The van der Waals surface area contributed by atoms with E-state index in [2.05, 4.69) is 6.92 Å². The molecule has 2 rings (SSSR count). The van der Waals surface area contributed by atoms with Crippen LogP contribution in [0.4, 0.5) is 0 Å². The van der Waals surface area contributed by atoms with Crippen molar-refractivity contribution in [1.29, 1.82) is 0 Å². The van der Waals surface area contributed by atoms with Crippen molar-refractivity contribution in [3.63, 3.8) is 0 Å². The molecule has 0 aliphatic heterocycles. The van der Waals surface area contributed by atoms with Crippen LogP contribution in [0.25, 0.3) is 0 Å². The summed E-state index contributed by atoms with van der Waals surface area (Å²) in [5, 5.41) is 0.573. The van der Waals surface area contributed by atoms with Crippen LogP contribution < -0.4 is 0 Å². The predicted octanol–water partition coefficient (Wildman–Crippen LogP) is 4.38. The van der Waals surface area contributed by atoms with Gasteiger partial charge < -0.3 is 19.1 Å². The Balaban J connectivity index is 2.14. The van der Waals surface area contributed by atoms with E-state index >= 15 is 0 Å². The number of unbranched alkanes of at least 4 members (excludes halogenated alkanes) is 1. The Bertz CT molecular complexity index is 820. The van der Waals surface area contributed by atoms with Crippen LogP contribution in [0, 0.1) is 0 Å². The van der Waals surface area contributed by atoms with Crippen LogP contribution in [0.3, 0.4) is 0 Å². The van der Waals surface area contributed by atoms with E-state index in [1.165, 1.54) is 0 Å². The van der Waals surface area contributed by atoms with Crippen molar-refractivity contribution in [2.24, 2.45) is 7.05 Å². The highest BCUT2D eigenvalue weighted by atomic mass is 35.5. The first-order valence-corrected chi connectivity index (χ1v) is 11.3. The minimum absolute atomic E-state index is 0.0434. The Kier molecular flexibility index (Phi) is 10.6. The first kappa shape index (κ1) is 25.0. The second-order valence-electron chi connectivity index (χ2n) is 7.56. The summed E-state index contributed by atoms with van der Waals surface area (Å²) < 4.78 is 7.44. The molecule has 2 aromatic rings. The maximum absolute atomic E-state index is 13.2. The average molecular weight is 448 g/mol. The van der Waals surface area contributed by atoms with Gasteiger partial charge >= 0.3 is 0 Å². The molecule has 1 heterocycles. The summed E-state index contributed by atoms with van der Waals surface area (Å²) >= 11 is 5.96. The summed E-state index contributed by atoms with van der Waals surface area (Å²) in [5.41, 5.74) is 1.59. The number of rotatable bonds is 13. The highest BCUT2D eigenvalue weighted by Crippen LogP contribution is 2.13. The number of aryl methyl sites for hydroxylation is 1. The Morgan fingerprint density at radius 3 is 2.35 bits per heavy atom. The molecule has 1 aromatic heterocycles. The zero-order valence-electron chi connectivity index (χ0n) is 18.8. The topological polar surface area (TPSA) is 54.8 Å². The van der Waals surface area contributed by atoms with Crippen LogP contribution in [0.5, 0.6) is 0 Å². The Hall–Kier alpha value is -2.31. The number of hydrogen-bond donors (Lipinski definition) is 0. The normalized spacial score (nSPS) is 10.8. The lowest BCUT2D eigenvalue weighted by Gasteiger charge is -2.28. The molecule has 0 unspecified atom stereocenters. The number of aromatic nitrogens is 1. The van der Waals surface area contributed by atoms with Gasteiger partial charge in [0.1, 0.15) is 6.54 Å². The van der Waals surface area contributed by atoms with Crippen LogP contribution in [0.2, 0.25) is 5.02 Å². The molecule has 7 heteroatoms. The van der Waals surface area contributed by atoms with E-state index in [9.17, 15) is 9.59 Å². The quantitative estimate of drug-likeness (QED) is 0.428. The van der Waals surface area contributed by atoms with Gasteiger partial charge in [-0.1, -0.05) is 24.9 Å². The second kappa shape index (κ2) is 13.2. The third kappa shape index (κ3) is 8.04. The molecule has 170 valence electrons. The molecule has 0 aliphatic rings. The molecular weight excluding hydrogens is 414 g/mol. The van der Waals surface area contributed by atoms with Crippen molar-refractivity contribution < 1.29 is 14.3 Å². The number of amides is 2. The van der Waals surface area contributed by atoms with Gasteiger partial charge in [-0.3, -0.25) is 9.59 Å². The van der Waals surface area contributed by atoms with Crippen LogP contribution in [-0.4, -0.2) is 59.0 Å². The van der Waals surface area contributed by atoms with Crippen molar-refractivity contribution in [1.82, 2.24) is 14.4 Å². The lowest BCUT2D eigenvalue weighted by molar-refractivity contribution is -0.132. The van der Waals surface area contributed by atoms with E-state index in [1.807, 2.05) is 41.8 Å². The number of carbonyl (C=O) groups is 2. The van der Waals surface area contributed by atoms with E-state index in [-0.39, 0.29) is 18.4 Å². The fourth-order valence-electron chi connectivity index (χ4n) is 3.29. The van der Waals surface area contributed by atoms with Crippen LogP contribution in [-0.2, 0) is 23.1 Å². The highest BCUT2D eigenvalue weighted by molar-refractivity contribution is 6.30. The van der Waals surface area contributed by atoms with Gasteiger partial charge in [-0.15, -0.1) is 0 Å². The summed E-state index contributed by atoms with van der Waals surface area (Å²) in [6.45, 7) is 6.93. The number of hydrogen-bond acceptors (Lipinski definition) is 3. The third-order valence-electron chi connectivity index (χ3n) is 5.16. The van der Waals surface area contributed by atoms with Gasteiger partial charge in [0, 0.05) is 55.8 Å². The lowest BCUT2D eigenvalue weighted by atomic mass is 10.2. The smallest absolute Gasteiger partial charge is 0.254 e. The zero-order valence-corrected chi connectivity index (χ0v) is 19.6. The maximum atomic E-state index is 13.2. The molecule has 0 atom stereocenters. The fourth-order valence-corrected chi connectivity index (χ4v) is 3.42. The minimum Gasteiger partial charge on any atom is -0.382 e. The molecule has 0 N–H and O–H groups in total. The molecule has 2 amide bonds. The van der Waals surface area contributed by atoms with Gasteiger partial charge in [0.25, 0.3) is 5.91 Å². The second-order valence-corrected chi connectivity index (χ2v) is 8.00. The van der Waals surface area contributed by atoms with Crippen molar-refractivity contribution in [2.75, 3.05) is 32.8 Å². The molecule has 0 saturated heterocycles. The van der Waals surface area contributed by atoms with E-state index in [4.69, 9.17) is 16.3 Å². The summed E-state index contributed by atoms with van der Waals surface area (Å²) in [4.78, 5) is 29.8. The Morgan fingerprint density at radius 1 is 1.03 bits per heavy atom. The van der Waals surface area contributed by atoms with E-state index < -0.39 is 0 Å². The molecule has 0 aliphatic carbocycles. The molecule has 0 spiro atoms. The lowest BCUT2D eigenvalue weighted by Crippen LogP contribution is -2.43. The first-order chi connectivity index (χ1) is 15.0. The fraction of sp³-hybridized carbons (Fsp3) is 0.500. The average Bonchev–Trinajstić information content (AvgIpc) is 3.17. The summed E-state index contributed by atoms with van der Waals surface area (Å²) in [7, 11) is 1.97. The Morgan fingerprint density at radius 2 is 1.74 bits per heavy atom. The first-order valence-electron chi connectivity index (χ1n) is 11.0. The number of carbonyl (C=O) groups excluding carboxylic acids is 2. The predicted molar refractivity (Wildman–Crippen MR) is 124 cm³/mol. The summed E-state index contributed by atoms with van der Waals surface area (Å²) in [6, 6.07) is 10.8. The van der Waals surface area contributed by atoms with Crippen molar-refractivity contribution >= 4 is 23.4 Å². The molecule has 0 fully saturated rings. The van der Waals surface area contributed by atoms with Crippen molar-refractivity contribution in [3.8, 4) is 0 Å². The van der Waals surface area contributed by atoms with Crippen LogP contribution >= 0.6 is 11.6 Å². The van der Waals surface area contributed by atoms with Gasteiger partial charge in [-0.05, 0) is 56.2 Å². The molecule has 0 bridgehead atoms. The van der Waals surface area contributed by atoms with Gasteiger partial charge in [-0.2, -0.15) is 0 Å². The third-order valence-corrected chi connectivity index (χ3v) is 5.42. The van der Waals surface area contributed by atoms with Gasteiger partial charge in [0.05, 0.1) is 6.54 Å². The van der Waals surface area contributed by atoms with Crippen LogP contribution in [0.1, 0.15) is 49.2 Å². The maximum Gasteiger partial charge on any atom is 0.254 e. The minimum atomic E-state index is -0.171. The van der Waals surface area contributed by atoms with Gasteiger partial charge in [0.15, 0.2) is 0 Å². The standard InChI is InChI=1S/C24H34ClN3O3/c1-4-6-15-27(18-22-9-7-14-26(22)3)23(29)19-28(16-8-17-31-5-2)24(30)20-10-12-21(25)13-11-20/h7,9-14H,4-6,8,15-19H2,1-3H3. The number of halogens is 1.